The number of aliphatic carboxylic acids is 1. The molecule has 5 heteroatoms. The monoisotopic (exact) mass is 205 g/mol. The van der Waals surface area contributed by atoms with Crippen LogP contribution in [0.5, 0.6) is 0 Å². The van der Waals surface area contributed by atoms with Gasteiger partial charge in [-0.25, -0.2) is 4.79 Å². The summed E-state index contributed by atoms with van der Waals surface area (Å²) in [6, 6.07) is 1.63. The molecule has 0 saturated heterocycles. The first-order valence-corrected chi connectivity index (χ1v) is 4.47. The molecule has 1 heterocycles. The molecule has 12 heavy (non-hydrogen) atoms. The van der Waals surface area contributed by atoms with Crippen LogP contribution in [-0.4, -0.2) is 11.1 Å². The number of thiophene rings is 1. The maximum absolute atomic E-state index is 10.7. The second kappa shape index (κ2) is 3.05. The van der Waals surface area contributed by atoms with E-state index in [1.54, 1.807) is 11.4 Å². The molecule has 1 aromatic heterocycles. The second-order valence-electron chi connectivity index (χ2n) is 2.61. The third kappa shape index (κ3) is 1.46. The van der Waals surface area contributed by atoms with Crippen LogP contribution in [0.1, 0.15) is 11.8 Å². The summed E-state index contributed by atoms with van der Waals surface area (Å²) in [4.78, 5) is 11.2. The molecule has 1 aromatic rings. The minimum Gasteiger partial charge on any atom is -0.480 e. The highest BCUT2D eigenvalue weighted by Gasteiger charge is 2.33. The van der Waals surface area contributed by atoms with Gasteiger partial charge in [0, 0.05) is 0 Å². The topological polar surface area (TPSA) is 63.3 Å². The first-order valence-electron chi connectivity index (χ1n) is 3.22. The van der Waals surface area contributed by atoms with E-state index < -0.39 is 11.5 Å². The summed E-state index contributed by atoms with van der Waals surface area (Å²) >= 11 is 6.98. The molecular formula is C7H8ClNO2S. The molecule has 0 aliphatic heterocycles. The third-order valence-electron chi connectivity index (χ3n) is 1.53. The lowest BCUT2D eigenvalue weighted by atomic mass is 10.0. The van der Waals surface area contributed by atoms with Crippen LogP contribution in [0, 0.1) is 0 Å². The van der Waals surface area contributed by atoms with Crippen molar-refractivity contribution in [1.29, 1.82) is 0 Å². The summed E-state index contributed by atoms with van der Waals surface area (Å²) in [6.07, 6.45) is 0. The SMILES string of the molecule is C[C@@](N)(C(=O)O)c1sccc1Cl. The number of nitrogens with two attached hydrogens (primary N) is 1. The predicted molar refractivity (Wildman–Crippen MR) is 48.5 cm³/mol. The maximum atomic E-state index is 10.7. The summed E-state index contributed by atoms with van der Waals surface area (Å²) in [5, 5.41) is 10.9. The molecule has 1 rings (SSSR count). The number of rotatable bonds is 2. The Morgan fingerprint density at radius 2 is 2.42 bits per heavy atom. The quantitative estimate of drug-likeness (QED) is 0.772. The highest BCUT2D eigenvalue weighted by atomic mass is 35.5. The fourth-order valence-electron chi connectivity index (χ4n) is 0.761. The van der Waals surface area contributed by atoms with Gasteiger partial charge in [-0.1, -0.05) is 11.6 Å². The molecule has 0 unspecified atom stereocenters. The molecule has 0 spiro atoms. The van der Waals surface area contributed by atoms with Crippen LogP contribution >= 0.6 is 22.9 Å². The van der Waals surface area contributed by atoms with Crippen molar-refractivity contribution >= 4 is 28.9 Å². The minimum absolute atomic E-state index is 0.410. The number of carbonyl (C=O) groups is 1. The zero-order valence-electron chi connectivity index (χ0n) is 6.37. The number of carboxylic acids is 1. The Morgan fingerprint density at radius 1 is 1.83 bits per heavy atom. The molecule has 3 nitrogen and oxygen atoms in total. The fraction of sp³-hybridized carbons (Fsp3) is 0.286. The summed E-state index contributed by atoms with van der Waals surface area (Å²) in [5.41, 5.74) is 4.17. The summed E-state index contributed by atoms with van der Waals surface area (Å²) in [6.45, 7) is 1.42. The Morgan fingerprint density at radius 3 is 2.75 bits per heavy atom. The summed E-state index contributed by atoms with van der Waals surface area (Å²) < 4.78 is 0. The van der Waals surface area contributed by atoms with Gasteiger partial charge in [0.05, 0.1) is 9.90 Å². The van der Waals surface area contributed by atoms with Crippen molar-refractivity contribution < 1.29 is 9.90 Å². The Balaban J connectivity index is 3.13. The molecular weight excluding hydrogens is 198 g/mol. The van der Waals surface area contributed by atoms with Gasteiger partial charge in [-0.15, -0.1) is 11.3 Å². The summed E-state index contributed by atoms with van der Waals surface area (Å²) in [5.74, 6) is -1.08. The molecule has 0 radical (unpaired) electrons. The minimum atomic E-state index is -1.38. The van der Waals surface area contributed by atoms with Gasteiger partial charge in [0.1, 0.15) is 5.54 Å². The lowest BCUT2D eigenvalue weighted by Gasteiger charge is -2.17. The Kier molecular flexibility index (Phi) is 2.41. The average molecular weight is 206 g/mol. The normalized spacial score (nSPS) is 15.6. The molecule has 66 valence electrons. The van der Waals surface area contributed by atoms with Crippen molar-refractivity contribution in [1.82, 2.24) is 0 Å². The number of hydrogen-bond acceptors (Lipinski definition) is 3. The van der Waals surface area contributed by atoms with Gasteiger partial charge < -0.3 is 10.8 Å². The van der Waals surface area contributed by atoms with Crippen molar-refractivity contribution in [2.45, 2.75) is 12.5 Å². The predicted octanol–water partition coefficient (Wildman–Crippen LogP) is 1.66. The van der Waals surface area contributed by atoms with Gasteiger partial charge in [0.15, 0.2) is 0 Å². The van der Waals surface area contributed by atoms with Crippen LogP contribution in [-0.2, 0) is 10.3 Å². The van der Waals surface area contributed by atoms with E-state index in [9.17, 15) is 4.79 Å². The first-order chi connectivity index (χ1) is 5.46. The maximum Gasteiger partial charge on any atom is 0.328 e. The van der Waals surface area contributed by atoms with Crippen molar-refractivity contribution in [3.8, 4) is 0 Å². The van der Waals surface area contributed by atoms with E-state index in [1.165, 1.54) is 18.3 Å². The molecule has 0 amide bonds. The van der Waals surface area contributed by atoms with E-state index >= 15 is 0 Å². The van der Waals surface area contributed by atoms with Gasteiger partial charge in [-0.2, -0.15) is 0 Å². The van der Waals surface area contributed by atoms with Crippen molar-refractivity contribution in [3.63, 3.8) is 0 Å². The average Bonchev–Trinajstić information content (AvgIpc) is 2.35. The summed E-state index contributed by atoms with van der Waals surface area (Å²) in [7, 11) is 0. The Hall–Kier alpha value is -0.580. The number of hydrogen-bond donors (Lipinski definition) is 2. The van der Waals surface area contributed by atoms with E-state index in [1.807, 2.05) is 0 Å². The van der Waals surface area contributed by atoms with Gasteiger partial charge >= 0.3 is 5.97 Å². The largest absolute Gasteiger partial charge is 0.480 e. The fourth-order valence-corrected chi connectivity index (χ4v) is 2.08. The van der Waals surface area contributed by atoms with Crippen LogP contribution in [0.25, 0.3) is 0 Å². The Labute approximate surface area is 78.8 Å². The lowest BCUT2D eigenvalue weighted by molar-refractivity contribution is -0.142. The smallest absolute Gasteiger partial charge is 0.328 e. The van der Waals surface area contributed by atoms with Crippen LogP contribution < -0.4 is 5.73 Å². The molecule has 0 bridgehead atoms. The van der Waals surface area contributed by atoms with Crippen molar-refractivity contribution in [2.75, 3.05) is 0 Å². The Bertz CT molecular complexity index is 308. The zero-order chi connectivity index (χ0) is 9.35. The van der Waals surface area contributed by atoms with Crippen LogP contribution in [0.4, 0.5) is 0 Å². The van der Waals surface area contributed by atoms with Gasteiger partial charge in [-0.3, -0.25) is 0 Å². The molecule has 0 aliphatic carbocycles. The molecule has 3 N–H and O–H groups in total. The molecule has 1 atom stereocenters. The van der Waals surface area contributed by atoms with E-state index in [0.29, 0.717) is 9.90 Å². The second-order valence-corrected chi connectivity index (χ2v) is 3.93. The van der Waals surface area contributed by atoms with E-state index in [0.717, 1.165) is 0 Å². The van der Waals surface area contributed by atoms with Crippen LogP contribution in [0.3, 0.4) is 0 Å². The third-order valence-corrected chi connectivity index (χ3v) is 3.11. The zero-order valence-corrected chi connectivity index (χ0v) is 7.95. The molecule has 0 saturated carbocycles. The van der Waals surface area contributed by atoms with Crippen LogP contribution in [0.15, 0.2) is 11.4 Å². The van der Waals surface area contributed by atoms with Crippen molar-refractivity contribution in [2.24, 2.45) is 5.73 Å². The molecule has 0 aromatic carbocycles. The van der Waals surface area contributed by atoms with Gasteiger partial charge in [0.25, 0.3) is 0 Å². The number of halogens is 1. The van der Waals surface area contributed by atoms with Gasteiger partial charge in [0.2, 0.25) is 0 Å². The van der Waals surface area contributed by atoms with E-state index in [-0.39, 0.29) is 0 Å². The van der Waals surface area contributed by atoms with E-state index in [2.05, 4.69) is 0 Å². The number of carboxylic acid groups (broad SMARTS) is 1. The molecule has 0 fully saturated rings. The molecule has 0 aliphatic rings. The standard InChI is InChI=1S/C7H8ClNO2S/c1-7(9,6(10)11)5-4(8)2-3-12-5/h2-3H,9H2,1H3,(H,10,11)/t7-/m0/s1. The highest BCUT2D eigenvalue weighted by molar-refractivity contribution is 7.10. The highest BCUT2D eigenvalue weighted by Crippen LogP contribution is 2.31. The lowest BCUT2D eigenvalue weighted by Crippen LogP contribution is -2.41. The first kappa shape index (κ1) is 9.51. The van der Waals surface area contributed by atoms with Crippen LogP contribution in [0.2, 0.25) is 5.02 Å². The van der Waals surface area contributed by atoms with E-state index in [4.69, 9.17) is 22.4 Å². The van der Waals surface area contributed by atoms with Crippen molar-refractivity contribution in [3.05, 3.63) is 21.3 Å². The van der Waals surface area contributed by atoms with Gasteiger partial charge in [-0.05, 0) is 18.4 Å².